The van der Waals surface area contributed by atoms with Crippen molar-refractivity contribution in [2.45, 2.75) is 13.0 Å². The third kappa shape index (κ3) is 5.91. The van der Waals surface area contributed by atoms with Gasteiger partial charge in [-0.2, -0.15) is 0 Å². The number of halogens is 2. The minimum atomic E-state index is -3.76. The Bertz CT molecular complexity index is 998. The normalized spacial score (nSPS) is 12.2. The first-order valence-electron chi connectivity index (χ1n) is 8.51. The molecule has 0 aromatic heterocycles. The van der Waals surface area contributed by atoms with Crippen molar-refractivity contribution in [1.29, 1.82) is 0 Å². The highest BCUT2D eigenvalue weighted by atomic mass is 35.5. The second-order valence-electron chi connectivity index (χ2n) is 6.27. The van der Waals surface area contributed by atoms with E-state index in [0.29, 0.717) is 16.5 Å². The third-order valence-electron chi connectivity index (χ3n) is 4.15. The van der Waals surface area contributed by atoms with Gasteiger partial charge >= 0.3 is 0 Å². The molecule has 2 aromatic carbocycles. The first kappa shape index (κ1) is 23.1. The molecule has 7 nitrogen and oxygen atoms in total. The molecule has 1 atom stereocenters. The van der Waals surface area contributed by atoms with Crippen LogP contribution in [0.5, 0.6) is 11.5 Å². The number of carbonyl (C=O) groups excluding carboxylic acids is 1. The standard InChI is InChI=1S/C19H22Cl2N2O5S/c1-12(13-5-8-17(27-2)18(9-13)28-3)22-19(24)11-23(29(4,25)26)16-7-6-14(20)10-15(16)21/h5-10,12H,11H2,1-4H3,(H,22,24). The summed E-state index contributed by atoms with van der Waals surface area (Å²) in [4.78, 5) is 12.6. The Morgan fingerprint density at radius 1 is 1.10 bits per heavy atom. The maximum absolute atomic E-state index is 12.6. The number of rotatable bonds is 8. The lowest BCUT2D eigenvalue weighted by molar-refractivity contribution is -0.120. The maximum Gasteiger partial charge on any atom is 0.241 e. The van der Waals surface area contributed by atoms with Gasteiger partial charge in [0.15, 0.2) is 11.5 Å². The summed E-state index contributed by atoms with van der Waals surface area (Å²) >= 11 is 12.0. The quantitative estimate of drug-likeness (QED) is 0.649. The SMILES string of the molecule is COc1ccc(C(C)NC(=O)CN(c2ccc(Cl)cc2Cl)S(C)(=O)=O)cc1OC. The molecular weight excluding hydrogens is 439 g/mol. The number of benzene rings is 2. The highest BCUT2D eigenvalue weighted by Gasteiger charge is 2.24. The predicted octanol–water partition coefficient (Wildman–Crippen LogP) is 3.65. The Hall–Kier alpha value is -2.16. The molecule has 0 fully saturated rings. The van der Waals surface area contributed by atoms with Crippen LogP contribution >= 0.6 is 23.2 Å². The van der Waals surface area contributed by atoms with Crippen LogP contribution in [0.2, 0.25) is 10.0 Å². The highest BCUT2D eigenvalue weighted by Crippen LogP contribution is 2.31. The fourth-order valence-electron chi connectivity index (χ4n) is 2.69. The van der Waals surface area contributed by atoms with Crippen LogP contribution in [0.25, 0.3) is 0 Å². The minimum Gasteiger partial charge on any atom is -0.493 e. The van der Waals surface area contributed by atoms with E-state index in [4.69, 9.17) is 32.7 Å². The summed E-state index contributed by atoms with van der Waals surface area (Å²) in [6.07, 6.45) is 1.00. The molecule has 1 N–H and O–H groups in total. The molecule has 0 saturated carbocycles. The average Bonchev–Trinajstić information content (AvgIpc) is 2.65. The predicted molar refractivity (Wildman–Crippen MR) is 115 cm³/mol. The highest BCUT2D eigenvalue weighted by molar-refractivity contribution is 7.92. The van der Waals surface area contributed by atoms with E-state index in [2.05, 4.69) is 5.32 Å². The van der Waals surface area contributed by atoms with E-state index in [0.717, 1.165) is 16.1 Å². The van der Waals surface area contributed by atoms with Gasteiger partial charge in [0.1, 0.15) is 6.54 Å². The average molecular weight is 461 g/mol. The van der Waals surface area contributed by atoms with Crippen LogP contribution in [0.3, 0.4) is 0 Å². The lowest BCUT2D eigenvalue weighted by Gasteiger charge is -2.24. The van der Waals surface area contributed by atoms with Crippen molar-refractivity contribution in [1.82, 2.24) is 5.32 Å². The number of sulfonamides is 1. The zero-order valence-electron chi connectivity index (χ0n) is 16.4. The molecule has 0 radical (unpaired) electrons. The zero-order valence-corrected chi connectivity index (χ0v) is 18.7. The lowest BCUT2D eigenvalue weighted by Crippen LogP contribution is -2.41. The van der Waals surface area contributed by atoms with E-state index in [9.17, 15) is 13.2 Å². The Balaban J connectivity index is 2.20. The number of methoxy groups -OCH3 is 2. The van der Waals surface area contributed by atoms with E-state index >= 15 is 0 Å². The van der Waals surface area contributed by atoms with Crippen LogP contribution in [0.1, 0.15) is 18.5 Å². The molecule has 0 aliphatic rings. The lowest BCUT2D eigenvalue weighted by atomic mass is 10.1. The fraction of sp³-hybridized carbons (Fsp3) is 0.316. The van der Waals surface area contributed by atoms with Crippen molar-refractivity contribution in [3.63, 3.8) is 0 Å². The van der Waals surface area contributed by atoms with Crippen molar-refractivity contribution >= 4 is 44.8 Å². The van der Waals surface area contributed by atoms with Gasteiger partial charge in [-0.3, -0.25) is 9.10 Å². The minimum absolute atomic E-state index is 0.128. The molecule has 0 spiro atoms. The number of anilines is 1. The van der Waals surface area contributed by atoms with Gasteiger partial charge in [-0.25, -0.2) is 8.42 Å². The molecule has 2 aromatic rings. The van der Waals surface area contributed by atoms with Gasteiger partial charge in [0, 0.05) is 5.02 Å². The van der Waals surface area contributed by atoms with Crippen molar-refractivity contribution in [2.75, 3.05) is 31.3 Å². The summed E-state index contributed by atoms with van der Waals surface area (Å²) in [5, 5.41) is 3.27. The number of nitrogens with zero attached hydrogens (tertiary/aromatic N) is 1. The van der Waals surface area contributed by atoms with E-state index in [1.165, 1.54) is 32.4 Å². The van der Waals surface area contributed by atoms with Crippen LogP contribution in [0.15, 0.2) is 36.4 Å². The van der Waals surface area contributed by atoms with Crippen molar-refractivity contribution in [3.05, 3.63) is 52.0 Å². The van der Waals surface area contributed by atoms with Crippen LogP contribution in [-0.2, 0) is 14.8 Å². The summed E-state index contributed by atoms with van der Waals surface area (Å²) in [5.41, 5.74) is 0.943. The van der Waals surface area contributed by atoms with Crippen molar-refractivity contribution in [3.8, 4) is 11.5 Å². The van der Waals surface area contributed by atoms with Crippen molar-refractivity contribution < 1.29 is 22.7 Å². The summed E-state index contributed by atoms with van der Waals surface area (Å²) in [5.74, 6) is 0.593. The molecule has 0 bridgehead atoms. The van der Waals surface area contributed by atoms with Gasteiger partial charge in [0.05, 0.1) is 37.2 Å². The number of carbonyl (C=O) groups is 1. The number of ether oxygens (including phenoxy) is 2. The Kier molecular flexibility index (Phi) is 7.62. The van der Waals surface area contributed by atoms with E-state index in [1.807, 2.05) is 0 Å². The number of amides is 1. The number of hydrogen-bond acceptors (Lipinski definition) is 5. The summed E-state index contributed by atoms with van der Waals surface area (Å²) < 4.78 is 35.9. The number of hydrogen-bond donors (Lipinski definition) is 1. The van der Waals surface area contributed by atoms with E-state index in [1.54, 1.807) is 25.1 Å². The maximum atomic E-state index is 12.6. The molecule has 2 rings (SSSR count). The topological polar surface area (TPSA) is 84.9 Å². The molecule has 1 amide bonds. The van der Waals surface area contributed by atoms with E-state index in [-0.39, 0.29) is 10.7 Å². The summed E-state index contributed by atoms with van der Waals surface area (Å²) in [6, 6.07) is 9.24. The third-order valence-corrected chi connectivity index (χ3v) is 5.82. The smallest absolute Gasteiger partial charge is 0.241 e. The molecular formula is C19H22Cl2N2O5S. The second kappa shape index (κ2) is 9.56. The largest absolute Gasteiger partial charge is 0.493 e. The number of nitrogens with one attached hydrogen (secondary N) is 1. The summed E-state index contributed by atoms with van der Waals surface area (Å²) in [6.45, 7) is 1.34. The second-order valence-corrected chi connectivity index (χ2v) is 9.02. The molecule has 29 heavy (non-hydrogen) atoms. The Morgan fingerprint density at radius 3 is 2.31 bits per heavy atom. The van der Waals surface area contributed by atoms with Gasteiger partial charge in [0.2, 0.25) is 15.9 Å². The van der Waals surface area contributed by atoms with Gasteiger partial charge in [-0.05, 0) is 42.8 Å². The molecule has 0 aliphatic heterocycles. The van der Waals surface area contributed by atoms with Crippen molar-refractivity contribution in [2.24, 2.45) is 0 Å². The fourth-order valence-corrected chi connectivity index (χ4v) is 4.12. The first-order chi connectivity index (χ1) is 13.6. The zero-order chi connectivity index (χ0) is 21.8. The monoisotopic (exact) mass is 460 g/mol. The molecule has 0 aliphatic carbocycles. The van der Waals surface area contributed by atoms with Gasteiger partial charge in [-0.1, -0.05) is 29.3 Å². The molecule has 158 valence electrons. The van der Waals surface area contributed by atoms with Gasteiger partial charge < -0.3 is 14.8 Å². The van der Waals surface area contributed by atoms with Crippen LogP contribution < -0.4 is 19.1 Å². The molecule has 0 heterocycles. The Morgan fingerprint density at radius 2 is 1.76 bits per heavy atom. The first-order valence-corrected chi connectivity index (χ1v) is 11.1. The summed E-state index contributed by atoms with van der Waals surface area (Å²) in [7, 11) is -0.709. The Labute approximate surface area is 180 Å². The van der Waals surface area contributed by atoms with E-state index < -0.39 is 28.5 Å². The van der Waals surface area contributed by atoms with Gasteiger partial charge in [-0.15, -0.1) is 0 Å². The van der Waals surface area contributed by atoms with Crippen LogP contribution in [0, 0.1) is 0 Å². The van der Waals surface area contributed by atoms with Crippen LogP contribution in [-0.4, -0.2) is 41.3 Å². The van der Waals surface area contributed by atoms with Gasteiger partial charge in [0.25, 0.3) is 0 Å². The molecule has 1 unspecified atom stereocenters. The molecule has 0 saturated heterocycles. The van der Waals surface area contributed by atoms with Crippen LogP contribution in [0.4, 0.5) is 5.69 Å². The molecule has 10 heteroatoms.